The first-order valence-electron chi connectivity index (χ1n) is 11.8. The first-order valence-corrected chi connectivity index (χ1v) is 11.8. The number of nitrogens with zero attached hydrogens (tertiary/aromatic N) is 1. The fraction of sp³-hybridized carbons (Fsp3) is 0.423. The molecule has 0 saturated heterocycles. The molecule has 1 fully saturated rings. The van der Waals surface area contributed by atoms with Gasteiger partial charge >= 0.3 is 6.29 Å². The van der Waals surface area contributed by atoms with E-state index in [2.05, 4.69) is 14.8 Å². The third-order valence-corrected chi connectivity index (χ3v) is 7.05. The van der Waals surface area contributed by atoms with Crippen molar-refractivity contribution in [3.8, 4) is 11.5 Å². The molecule has 192 valence electrons. The number of nitrogens with one attached hydrogen (secondary N) is 1. The van der Waals surface area contributed by atoms with Crippen LogP contribution in [-0.2, 0) is 22.2 Å². The number of amides is 1. The topological polar surface area (TPSA) is 119 Å². The van der Waals surface area contributed by atoms with E-state index in [0.717, 1.165) is 16.6 Å². The summed E-state index contributed by atoms with van der Waals surface area (Å²) >= 11 is 0. The Bertz CT molecular complexity index is 1330. The van der Waals surface area contributed by atoms with Crippen molar-refractivity contribution in [2.45, 2.75) is 56.5 Å². The van der Waals surface area contributed by atoms with E-state index in [1.54, 1.807) is 12.1 Å². The van der Waals surface area contributed by atoms with Gasteiger partial charge in [0.2, 0.25) is 5.91 Å². The SMILES string of the molecule is CC(C)(CO)c1cc2cc(NC(=O)C3(c4ccc5c(c4)OC(F)(F)O5)CC3)ccc2n1C[C@@H](O)CN. The number of aliphatic hydroxyl groups excluding tert-OH is 2. The Morgan fingerprint density at radius 1 is 1.17 bits per heavy atom. The molecular formula is C26H29F2N3O5. The van der Waals surface area contributed by atoms with Crippen molar-refractivity contribution in [1.82, 2.24) is 4.57 Å². The molecule has 1 aliphatic carbocycles. The highest BCUT2D eigenvalue weighted by Gasteiger charge is 2.52. The van der Waals surface area contributed by atoms with E-state index in [1.807, 2.05) is 36.6 Å². The quantitative estimate of drug-likeness (QED) is 0.376. The van der Waals surface area contributed by atoms with Gasteiger partial charge in [-0.1, -0.05) is 19.9 Å². The highest BCUT2D eigenvalue weighted by atomic mass is 19.3. The average molecular weight is 502 g/mol. The fourth-order valence-electron chi connectivity index (χ4n) is 4.74. The molecule has 2 aromatic carbocycles. The number of rotatable bonds is 8. The fourth-order valence-corrected chi connectivity index (χ4v) is 4.74. The normalized spacial score (nSPS) is 18.3. The summed E-state index contributed by atoms with van der Waals surface area (Å²) in [6, 6.07) is 11.9. The predicted molar refractivity (Wildman–Crippen MR) is 129 cm³/mol. The van der Waals surface area contributed by atoms with Gasteiger partial charge in [-0.3, -0.25) is 4.79 Å². The molecule has 0 radical (unpaired) electrons. The van der Waals surface area contributed by atoms with Gasteiger partial charge in [-0.2, -0.15) is 0 Å². The molecule has 2 aliphatic rings. The number of hydrogen-bond donors (Lipinski definition) is 4. The van der Waals surface area contributed by atoms with E-state index in [-0.39, 0.29) is 37.1 Å². The zero-order valence-electron chi connectivity index (χ0n) is 20.1. The van der Waals surface area contributed by atoms with Gasteiger partial charge in [0.05, 0.1) is 24.7 Å². The summed E-state index contributed by atoms with van der Waals surface area (Å²) < 4.78 is 37.8. The third kappa shape index (κ3) is 4.19. The van der Waals surface area contributed by atoms with Gasteiger partial charge in [0.15, 0.2) is 11.5 Å². The number of halogens is 2. The molecule has 1 amide bonds. The second kappa shape index (κ2) is 8.43. The summed E-state index contributed by atoms with van der Waals surface area (Å²) in [6.07, 6.45) is -3.29. The van der Waals surface area contributed by atoms with Crippen LogP contribution in [0.1, 0.15) is 37.9 Å². The van der Waals surface area contributed by atoms with Crippen molar-refractivity contribution < 1.29 is 33.3 Å². The van der Waals surface area contributed by atoms with Gasteiger partial charge in [0.25, 0.3) is 0 Å². The van der Waals surface area contributed by atoms with Crippen molar-refractivity contribution in [3.05, 3.63) is 53.7 Å². The van der Waals surface area contributed by atoms with Gasteiger partial charge in [0.1, 0.15) is 0 Å². The molecule has 0 unspecified atom stereocenters. The Hall–Kier alpha value is -3.21. The Morgan fingerprint density at radius 3 is 2.56 bits per heavy atom. The Balaban J connectivity index is 1.42. The lowest BCUT2D eigenvalue weighted by Crippen LogP contribution is -2.30. The lowest BCUT2D eigenvalue weighted by Gasteiger charge is -2.25. The molecule has 3 aromatic rings. The minimum Gasteiger partial charge on any atom is -0.395 e. The number of anilines is 1. The first kappa shape index (κ1) is 24.5. The summed E-state index contributed by atoms with van der Waals surface area (Å²) in [5, 5.41) is 23.9. The predicted octanol–water partition coefficient (Wildman–Crippen LogP) is 3.22. The number of alkyl halides is 2. The summed E-state index contributed by atoms with van der Waals surface area (Å²) in [5.74, 6) is -0.379. The van der Waals surface area contributed by atoms with Crippen LogP contribution in [0.2, 0.25) is 0 Å². The number of benzene rings is 2. The van der Waals surface area contributed by atoms with E-state index in [0.29, 0.717) is 24.1 Å². The first-order chi connectivity index (χ1) is 17.0. The largest absolute Gasteiger partial charge is 0.586 e. The maximum Gasteiger partial charge on any atom is 0.586 e. The van der Waals surface area contributed by atoms with Crippen LogP contribution < -0.4 is 20.5 Å². The summed E-state index contributed by atoms with van der Waals surface area (Å²) in [4.78, 5) is 13.3. The second-order valence-electron chi connectivity index (χ2n) is 10.2. The van der Waals surface area contributed by atoms with Gasteiger partial charge in [-0.25, -0.2) is 0 Å². The molecule has 0 spiro atoms. The Labute approximate surface area is 206 Å². The van der Waals surface area contributed by atoms with Crippen LogP contribution in [0.15, 0.2) is 42.5 Å². The molecule has 0 bridgehead atoms. The molecule has 2 heterocycles. The molecule has 10 heteroatoms. The van der Waals surface area contributed by atoms with Crippen LogP contribution in [0, 0.1) is 0 Å². The molecule has 8 nitrogen and oxygen atoms in total. The van der Waals surface area contributed by atoms with E-state index < -0.39 is 23.2 Å². The van der Waals surface area contributed by atoms with Crippen molar-refractivity contribution in [1.29, 1.82) is 0 Å². The van der Waals surface area contributed by atoms with Gasteiger partial charge in [-0.15, -0.1) is 8.78 Å². The van der Waals surface area contributed by atoms with Crippen LogP contribution in [0.25, 0.3) is 10.9 Å². The number of hydrogen-bond acceptors (Lipinski definition) is 6. The standard InChI is InChI=1S/C26H29F2N3O5/c1-24(2,14-32)22-10-15-9-17(4-5-19(15)31(22)13-18(33)12-29)30-23(34)25(7-8-25)16-3-6-20-21(11-16)36-26(27,28)35-20/h3-6,9-11,18,32-33H,7-8,12-14,29H2,1-2H3,(H,30,34)/t18-/m0/s1. The van der Waals surface area contributed by atoms with Crippen LogP contribution in [0.5, 0.6) is 11.5 Å². The summed E-state index contributed by atoms with van der Waals surface area (Å²) in [5.41, 5.74) is 7.09. The second-order valence-corrected chi connectivity index (χ2v) is 10.2. The van der Waals surface area contributed by atoms with E-state index >= 15 is 0 Å². The number of carbonyl (C=O) groups is 1. The zero-order chi connectivity index (χ0) is 25.9. The average Bonchev–Trinajstić information content (AvgIpc) is 3.48. The smallest absolute Gasteiger partial charge is 0.395 e. The molecular weight excluding hydrogens is 472 g/mol. The van der Waals surface area contributed by atoms with E-state index in [4.69, 9.17) is 5.73 Å². The Kier molecular flexibility index (Phi) is 5.73. The minimum atomic E-state index is -3.71. The number of carbonyl (C=O) groups excluding carboxylic acids is 1. The number of fused-ring (bicyclic) bond motifs is 2. The van der Waals surface area contributed by atoms with Crippen LogP contribution in [0.4, 0.5) is 14.5 Å². The summed E-state index contributed by atoms with van der Waals surface area (Å²) in [6.45, 7) is 4.11. The lowest BCUT2D eigenvalue weighted by atomic mass is 9.90. The summed E-state index contributed by atoms with van der Waals surface area (Å²) in [7, 11) is 0. The highest BCUT2D eigenvalue weighted by Crippen LogP contribution is 2.52. The van der Waals surface area contributed by atoms with Crippen LogP contribution in [0.3, 0.4) is 0 Å². The molecule has 1 atom stereocenters. The van der Waals surface area contributed by atoms with Crippen molar-refractivity contribution >= 4 is 22.5 Å². The van der Waals surface area contributed by atoms with Crippen LogP contribution in [-0.4, -0.2) is 46.2 Å². The molecule has 1 saturated carbocycles. The number of ether oxygens (including phenoxy) is 2. The molecule has 1 aliphatic heterocycles. The molecule has 1 aromatic heterocycles. The maximum atomic E-state index is 13.4. The van der Waals surface area contributed by atoms with Gasteiger partial charge < -0.3 is 35.3 Å². The molecule has 5 rings (SSSR count). The lowest BCUT2D eigenvalue weighted by molar-refractivity contribution is -0.286. The highest BCUT2D eigenvalue weighted by molar-refractivity contribution is 6.02. The van der Waals surface area contributed by atoms with Gasteiger partial charge in [-0.05, 0) is 54.8 Å². The monoisotopic (exact) mass is 501 g/mol. The molecule has 36 heavy (non-hydrogen) atoms. The zero-order valence-corrected chi connectivity index (χ0v) is 20.1. The number of aromatic nitrogens is 1. The molecule has 5 N–H and O–H groups in total. The number of aliphatic hydroxyl groups is 2. The van der Waals surface area contributed by atoms with Crippen molar-refractivity contribution in [3.63, 3.8) is 0 Å². The van der Waals surface area contributed by atoms with Crippen molar-refractivity contribution in [2.75, 3.05) is 18.5 Å². The van der Waals surface area contributed by atoms with Gasteiger partial charge in [0, 0.05) is 34.2 Å². The van der Waals surface area contributed by atoms with Crippen LogP contribution >= 0.6 is 0 Å². The van der Waals surface area contributed by atoms with Crippen molar-refractivity contribution in [2.24, 2.45) is 5.73 Å². The Morgan fingerprint density at radius 2 is 1.89 bits per heavy atom. The minimum absolute atomic E-state index is 0.0590. The number of nitrogens with two attached hydrogens (primary N) is 1. The maximum absolute atomic E-state index is 13.4. The third-order valence-electron chi connectivity index (χ3n) is 7.05. The van der Waals surface area contributed by atoms with E-state index in [9.17, 15) is 23.8 Å². The van der Waals surface area contributed by atoms with E-state index in [1.165, 1.54) is 12.1 Å².